The molecule has 0 fully saturated rings. The summed E-state index contributed by atoms with van der Waals surface area (Å²) in [6.45, 7) is 1.71. The largest absolute Gasteiger partial charge is 0.507 e. The number of fused-ring (bicyclic) bond motifs is 1. The van der Waals surface area contributed by atoms with Gasteiger partial charge in [0.1, 0.15) is 5.75 Å². The van der Waals surface area contributed by atoms with E-state index in [-0.39, 0.29) is 11.3 Å². The van der Waals surface area contributed by atoms with Gasteiger partial charge in [0.05, 0.1) is 16.8 Å². The molecule has 0 saturated carbocycles. The summed E-state index contributed by atoms with van der Waals surface area (Å²) in [6.07, 6.45) is 0. The minimum Gasteiger partial charge on any atom is -0.507 e. The van der Waals surface area contributed by atoms with Crippen LogP contribution in [0, 0.1) is 6.92 Å². The van der Waals surface area contributed by atoms with Gasteiger partial charge in [-0.1, -0.05) is 30.3 Å². The highest BCUT2D eigenvalue weighted by Crippen LogP contribution is 2.33. The van der Waals surface area contributed by atoms with Gasteiger partial charge < -0.3 is 10.2 Å². The summed E-state index contributed by atoms with van der Waals surface area (Å²) in [5, 5.41) is 20.1. The third kappa shape index (κ3) is 2.10. The molecular weight excluding hydrogens is 266 g/mol. The number of hydrogen-bond donors (Lipinski definition) is 2. The van der Waals surface area contributed by atoms with Crippen molar-refractivity contribution in [3.63, 3.8) is 0 Å². The first-order valence-corrected chi connectivity index (χ1v) is 6.50. The second kappa shape index (κ2) is 4.90. The standard InChI is InChI=1S/C17H13NO3/c1-10-15(17(20)21)11-6-2-4-8-13(11)18-16(10)12-7-3-5-9-14(12)19/h2-9,19H,1H3,(H,20,21). The Kier molecular flexibility index (Phi) is 3.06. The Morgan fingerprint density at radius 3 is 2.43 bits per heavy atom. The third-order valence-corrected chi connectivity index (χ3v) is 3.51. The number of para-hydroxylation sites is 2. The summed E-state index contributed by atoms with van der Waals surface area (Å²) in [7, 11) is 0. The zero-order valence-electron chi connectivity index (χ0n) is 11.4. The van der Waals surface area contributed by atoms with Gasteiger partial charge in [-0.3, -0.25) is 0 Å². The van der Waals surface area contributed by atoms with Crippen molar-refractivity contribution in [3.05, 3.63) is 59.7 Å². The number of carboxylic acid groups (broad SMARTS) is 1. The van der Waals surface area contributed by atoms with Gasteiger partial charge in [-0.25, -0.2) is 9.78 Å². The average Bonchev–Trinajstić information content (AvgIpc) is 2.47. The molecule has 0 atom stereocenters. The van der Waals surface area contributed by atoms with E-state index in [9.17, 15) is 15.0 Å². The SMILES string of the molecule is Cc1c(-c2ccccc2O)nc2ccccc2c1C(=O)O. The predicted molar refractivity (Wildman–Crippen MR) is 80.5 cm³/mol. The van der Waals surface area contributed by atoms with Crippen molar-refractivity contribution in [2.45, 2.75) is 6.92 Å². The number of aromatic nitrogens is 1. The van der Waals surface area contributed by atoms with E-state index < -0.39 is 5.97 Å². The number of rotatable bonds is 2. The molecule has 2 N–H and O–H groups in total. The van der Waals surface area contributed by atoms with Crippen LogP contribution < -0.4 is 0 Å². The monoisotopic (exact) mass is 279 g/mol. The Labute approximate surface area is 121 Å². The topological polar surface area (TPSA) is 70.4 Å². The van der Waals surface area contributed by atoms with Gasteiger partial charge in [0.25, 0.3) is 0 Å². The van der Waals surface area contributed by atoms with Crippen molar-refractivity contribution < 1.29 is 15.0 Å². The molecule has 4 heteroatoms. The summed E-state index contributed by atoms with van der Waals surface area (Å²) in [5.74, 6) is -0.914. The molecule has 4 nitrogen and oxygen atoms in total. The maximum atomic E-state index is 11.6. The van der Waals surface area contributed by atoms with E-state index in [0.29, 0.717) is 27.7 Å². The van der Waals surface area contributed by atoms with Crippen molar-refractivity contribution in [1.29, 1.82) is 0 Å². The number of pyridine rings is 1. The van der Waals surface area contributed by atoms with Crippen LogP contribution in [0.15, 0.2) is 48.5 Å². The van der Waals surface area contributed by atoms with Crippen LogP contribution >= 0.6 is 0 Å². The average molecular weight is 279 g/mol. The Bertz CT molecular complexity index is 856. The Morgan fingerprint density at radius 2 is 1.71 bits per heavy atom. The van der Waals surface area contributed by atoms with E-state index in [2.05, 4.69) is 4.98 Å². The van der Waals surface area contributed by atoms with E-state index in [1.807, 2.05) is 6.07 Å². The highest BCUT2D eigenvalue weighted by molar-refractivity contribution is 6.05. The zero-order valence-corrected chi connectivity index (χ0v) is 11.4. The van der Waals surface area contributed by atoms with Crippen molar-refractivity contribution in [2.24, 2.45) is 0 Å². The molecule has 0 aliphatic rings. The van der Waals surface area contributed by atoms with E-state index in [4.69, 9.17) is 0 Å². The van der Waals surface area contributed by atoms with E-state index in [0.717, 1.165) is 0 Å². The summed E-state index contributed by atoms with van der Waals surface area (Å²) >= 11 is 0. The lowest BCUT2D eigenvalue weighted by atomic mass is 9.97. The van der Waals surface area contributed by atoms with Crippen LogP contribution in [-0.2, 0) is 0 Å². The van der Waals surface area contributed by atoms with Gasteiger partial charge in [0, 0.05) is 10.9 Å². The summed E-state index contributed by atoms with van der Waals surface area (Å²) < 4.78 is 0. The van der Waals surface area contributed by atoms with Gasteiger partial charge in [0.15, 0.2) is 0 Å². The van der Waals surface area contributed by atoms with E-state index >= 15 is 0 Å². The number of aromatic hydroxyl groups is 1. The van der Waals surface area contributed by atoms with E-state index in [1.54, 1.807) is 49.4 Å². The van der Waals surface area contributed by atoms with Crippen LogP contribution in [0.25, 0.3) is 22.2 Å². The molecule has 0 spiro atoms. The van der Waals surface area contributed by atoms with Gasteiger partial charge in [0.2, 0.25) is 0 Å². The molecule has 3 rings (SSSR count). The van der Waals surface area contributed by atoms with Crippen LogP contribution in [0.4, 0.5) is 0 Å². The van der Waals surface area contributed by atoms with Gasteiger partial charge in [-0.05, 0) is 30.7 Å². The normalized spacial score (nSPS) is 10.7. The zero-order chi connectivity index (χ0) is 15.0. The lowest BCUT2D eigenvalue weighted by Crippen LogP contribution is -2.04. The summed E-state index contributed by atoms with van der Waals surface area (Å²) in [4.78, 5) is 16.1. The Hall–Kier alpha value is -2.88. The number of aromatic carboxylic acids is 1. The number of phenolic OH excluding ortho intramolecular Hbond substituents is 1. The third-order valence-electron chi connectivity index (χ3n) is 3.51. The van der Waals surface area contributed by atoms with Crippen LogP contribution in [0.5, 0.6) is 5.75 Å². The van der Waals surface area contributed by atoms with Crippen LogP contribution in [0.2, 0.25) is 0 Å². The fourth-order valence-electron chi connectivity index (χ4n) is 2.52. The summed E-state index contributed by atoms with van der Waals surface area (Å²) in [5.41, 5.74) is 2.38. The molecule has 0 aliphatic heterocycles. The minimum absolute atomic E-state index is 0.0831. The molecule has 0 amide bonds. The lowest BCUT2D eigenvalue weighted by Gasteiger charge is -2.12. The smallest absolute Gasteiger partial charge is 0.336 e. The quantitative estimate of drug-likeness (QED) is 0.751. The van der Waals surface area contributed by atoms with Crippen molar-refractivity contribution in [1.82, 2.24) is 4.98 Å². The Morgan fingerprint density at radius 1 is 1.05 bits per heavy atom. The molecule has 0 unspecified atom stereocenters. The first-order chi connectivity index (χ1) is 10.1. The molecule has 1 heterocycles. The number of benzene rings is 2. The molecule has 104 valence electrons. The maximum Gasteiger partial charge on any atom is 0.336 e. The molecule has 0 bridgehead atoms. The first-order valence-electron chi connectivity index (χ1n) is 6.50. The fraction of sp³-hybridized carbons (Fsp3) is 0.0588. The molecular formula is C17H13NO3. The fourth-order valence-corrected chi connectivity index (χ4v) is 2.52. The predicted octanol–water partition coefficient (Wildman–Crippen LogP) is 3.61. The van der Waals surface area contributed by atoms with Gasteiger partial charge in [-0.2, -0.15) is 0 Å². The van der Waals surface area contributed by atoms with Gasteiger partial charge >= 0.3 is 5.97 Å². The molecule has 2 aromatic carbocycles. The van der Waals surface area contributed by atoms with E-state index in [1.165, 1.54) is 0 Å². The molecule has 21 heavy (non-hydrogen) atoms. The lowest BCUT2D eigenvalue weighted by molar-refractivity contribution is 0.0698. The van der Waals surface area contributed by atoms with Crippen LogP contribution in [-0.4, -0.2) is 21.2 Å². The molecule has 0 radical (unpaired) electrons. The van der Waals surface area contributed by atoms with Crippen LogP contribution in [0.3, 0.4) is 0 Å². The first kappa shape index (κ1) is 13.1. The van der Waals surface area contributed by atoms with Crippen LogP contribution in [0.1, 0.15) is 15.9 Å². The Balaban J connectivity index is 2.43. The minimum atomic E-state index is -0.997. The highest BCUT2D eigenvalue weighted by Gasteiger charge is 2.19. The maximum absolute atomic E-state index is 11.6. The summed E-state index contributed by atoms with van der Waals surface area (Å²) in [6, 6.07) is 13.9. The second-order valence-electron chi connectivity index (χ2n) is 4.80. The number of carboxylic acids is 1. The van der Waals surface area contributed by atoms with Crippen molar-refractivity contribution >= 4 is 16.9 Å². The number of nitrogens with zero attached hydrogens (tertiary/aromatic N) is 1. The second-order valence-corrected chi connectivity index (χ2v) is 4.80. The molecule has 0 aliphatic carbocycles. The number of hydrogen-bond acceptors (Lipinski definition) is 3. The van der Waals surface area contributed by atoms with Crippen molar-refractivity contribution in [3.8, 4) is 17.0 Å². The molecule has 0 saturated heterocycles. The van der Waals surface area contributed by atoms with Gasteiger partial charge in [-0.15, -0.1) is 0 Å². The highest BCUT2D eigenvalue weighted by atomic mass is 16.4. The van der Waals surface area contributed by atoms with Crippen molar-refractivity contribution in [2.75, 3.05) is 0 Å². The number of carbonyl (C=O) groups is 1. The molecule has 3 aromatic rings. The molecule has 1 aromatic heterocycles. The number of phenols is 1.